The molecule has 2 atom stereocenters. The van der Waals surface area contributed by atoms with Gasteiger partial charge in [-0.2, -0.15) is 0 Å². The second-order valence-corrected chi connectivity index (χ2v) is 10.4. The third-order valence-electron chi connectivity index (χ3n) is 7.80. The Morgan fingerprint density at radius 2 is 1.68 bits per heavy atom. The van der Waals surface area contributed by atoms with Gasteiger partial charge in [0.25, 0.3) is 0 Å². The summed E-state index contributed by atoms with van der Waals surface area (Å²) in [5.74, 6) is -0.467. The van der Waals surface area contributed by atoms with E-state index in [9.17, 15) is 13.2 Å². The molecule has 2 saturated heterocycles. The molecule has 2 N–H and O–H groups in total. The molecule has 0 bridgehead atoms. The summed E-state index contributed by atoms with van der Waals surface area (Å²) in [4.78, 5) is 17.5. The van der Waals surface area contributed by atoms with Crippen LogP contribution in [0.25, 0.3) is 5.65 Å². The van der Waals surface area contributed by atoms with E-state index in [1.54, 1.807) is 18.7 Å². The zero-order valence-corrected chi connectivity index (χ0v) is 22.1. The zero-order chi connectivity index (χ0) is 27.8. The molecule has 0 radical (unpaired) electrons. The summed E-state index contributed by atoms with van der Waals surface area (Å²) in [5.41, 5.74) is 7.08. The largest absolute Gasteiger partial charge is 0.490 e. The number of benzene rings is 1. The Morgan fingerprint density at radius 1 is 0.925 bits per heavy atom. The molecular formula is C27H30F3N9O. The highest BCUT2D eigenvalue weighted by atomic mass is 19.2. The number of nitrogens with two attached hydrogens (primary N) is 1. The maximum absolute atomic E-state index is 14.3. The first-order chi connectivity index (χ1) is 19.4. The van der Waals surface area contributed by atoms with E-state index in [4.69, 9.17) is 10.5 Å². The lowest BCUT2D eigenvalue weighted by molar-refractivity contribution is 0.221. The number of aryl methyl sites for hydroxylation is 1. The minimum Gasteiger partial charge on any atom is -0.490 e. The van der Waals surface area contributed by atoms with Gasteiger partial charge in [-0.1, -0.05) is 6.92 Å². The van der Waals surface area contributed by atoms with Gasteiger partial charge in [0.05, 0.1) is 19.0 Å². The molecule has 0 aliphatic carbocycles. The molecule has 3 aromatic heterocycles. The molecule has 6 rings (SSSR count). The van der Waals surface area contributed by atoms with Gasteiger partial charge in [-0.05, 0) is 30.4 Å². The number of halogens is 3. The van der Waals surface area contributed by atoms with Gasteiger partial charge in [-0.25, -0.2) is 28.1 Å². The Labute approximate surface area is 229 Å². The smallest absolute Gasteiger partial charge is 0.225 e. The predicted molar refractivity (Wildman–Crippen MR) is 142 cm³/mol. The number of hydrogen-bond donors (Lipinski definition) is 1. The molecule has 1 aromatic carbocycles. The molecule has 0 amide bonds. The summed E-state index contributed by atoms with van der Waals surface area (Å²) in [5, 5.41) is 8.45. The monoisotopic (exact) mass is 553 g/mol. The van der Waals surface area contributed by atoms with Crippen molar-refractivity contribution < 1.29 is 17.9 Å². The molecule has 10 nitrogen and oxygen atoms in total. The average Bonchev–Trinajstić information content (AvgIpc) is 3.57. The van der Waals surface area contributed by atoms with E-state index in [0.717, 1.165) is 55.7 Å². The van der Waals surface area contributed by atoms with Crippen LogP contribution in [0.1, 0.15) is 37.1 Å². The molecule has 13 heteroatoms. The fraction of sp³-hybridized carbons (Fsp3) is 0.444. The van der Waals surface area contributed by atoms with E-state index in [0.29, 0.717) is 43.4 Å². The number of piperidine rings is 1. The van der Waals surface area contributed by atoms with Crippen LogP contribution in [0.2, 0.25) is 0 Å². The lowest BCUT2D eigenvalue weighted by Gasteiger charge is -2.32. The molecule has 5 heterocycles. The molecule has 0 unspecified atom stereocenters. The van der Waals surface area contributed by atoms with E-state index in [2.05, 4.69) is 30.0 Å². The second kappa shape index (κ2) is 10.9. The lowest BCUT2D eigenvalue weighted by atomic mass is 9.94. The Morgan fingerprint density at radius 3 is 2.42 bits per heavy atom. The van der Waals surface area contributed by atoms with Gasteiger partial charge in [-0.15, -0.1) is 10.2 Å². The lowest BCUT2D eigenvalue weighted by Crippen LogP contribution is -2.36. The van der Waals surface area contributed by atoms with Crippen LogP contribution in [0.4, 0.5) is 24.9 Å². The summed E-state index contributed by atoms with van der Waals surface area (Å²) in [6.07, 6.45) is 7.74. The highest BCUT2D eigenvalue weighted by molar-refractivity contribution is 5.51. The zero-order valence-electron chi connectivity index (χ0n) is 22.1. The number of hydrogen-bond acceptors (Lipinski definition) is 9. The van der Waals surface area contributed by atoms with Crippen molar-refractivity contribution in [2.75, 3.05) is 42.6 Å². The third kappa shape index (κ3) is 5.12. The van der Waals surface area contributed by atoms with Crippen molar-refractivity contribution >= 4 is 17.4 Å². The van der Waals surface area contributed by atoms with Crippen LogP contribution in [0, 0.1) is 23.4 Å². The van der Waals surface area contributed by atoms with Crippen molar-refractivity contribution in [3.8, 4) is 5.75 Å². The number of rotatable bonds is 7. The fourth-order valence-corrected chi connectivity index (χ4v) is 5.48. The maximum Gasteiger partial charge on any atom is 0.225 e. The van der Waals surface area contributed by atoms with E-state index < -0.39 is 29.4 Å². The molecule has 2 aliphatic rings. The van der Waals surface area contributed by atoms with Gasteiger partial charge in [-0.3, -0.25) is 4.40 Å². The first-order valence-corrected chi connectivity index (χ1v) is 13.4. The van der Waals surface area contributed by atoms with Crippen LogP contribution in [-0.4, -0.2) is 68.4 Å². The van der Waals surface area contributed by atoms with Crippen molar-refractivity contribution in [1.29, 1.82) is 0 Å². The second-order valence-electron chi connectivity index (χ2n) is 10.4. The standard InChI is InChI=1S/C27H30F3N9O/c1-2-24-35-36-26-9-25(34-15-39(24)26)37-5-3-16(4-6-37)14-40-17-10-32-27(33-11-17)38-12-19(23(31)13-38)18-7-21(29)22(30)8-20(18)28/h7-11,15-16,19,23H,2-6,12-14,31H2,1H3/t19-,23+/m1/s1. The molecule has 2 aliphatic heterocycles. The Balaban J connectivity index is 1.01. The van der Waals surface area contributed by atoms with E-state index in [-0.39, 0.29) is 5.56 Å². The maximum atomic E-state index is 14.3. The molecule has 0 spiro atoms. The van der Waals surface area contributed by atoms with Gasteiger partial charge < -0.3 is 20.3 Å². The Hall–Kier alpha value is -4.00. The Bertz CT molecular complexity index is 1490. The minimum atomic E-state index is -1.22. The van der Waals surface area contributed by atoms with E-state index in [1.807, 2.05) is 22.3 Å². The van der Waals surface area contributed by atoms with Crippen molar-refractivity contribution in [3.63, 3.8) is 0 Å². The fourth-order valence-electron chi connectivity index (χ4n) is 5.48. The number of nitrogens with zero attached hydrogens (tertiary/aromatic N) is 8. The summed E-state index contributed by atoms with van der Waals surface area (Å²) < 4.78 is 49.3. The van der Waals surface area contributed by atoms with Crippen LogP contribution < -0.4 is 20.3 Å². The highest BCUT2D eigenvalue weighted by Crippen LogP contribution is 2.32. The molecule has 0 saturated carbocycles. The molecule has 210 valence electrons. The summed E-state index contributed by atoms with van der Waals surface area (Å²) in [6.45, 7) is 4.99. The normalized spacial score (nSPS) is 20.0. The molecule has 4 aromatic rings. The first-order valence-electron chi connectivity index (χ1n) is 13.4. The Kier molecular flexibility index (Phi) is 7.13. The highest BCUT2D eigenvalue weighted by Gasteiger charge is 2.35. The van der Waals surface area contributed by atoms with Gasteiger partial charge in [0.15, 0.2) is 23.0 Å². The molecule has 40 heavy (non-hydrogen) atoms. The van der Waals surface area contributed by atoms with Crippen LogP contribution in [-0.2, 0) is 6.42 Å². The van der Waals surface area contributed by atoms with Crippen LogP contribution in [0.15, 0.2) is 36.9 Å². The van der Waals surface area contributed by atoms with Gasteiger partial charge in [0, 0.05) is 56.7 Å². The van der Waals surface area contributed by atoms with Gasteiger partial charge >= 0.3 is 0 Å². The van der Waals surface area contributed by atoms with E-state index >= 15 is 0 Å². The predicted octanol–water partition coefficient (Wildman–Crippen LogP) is 3.12. The SMILES string of the molecule is CCc1nnc2cc(N3CCC(COc4cnc(N5C[C@H](c6cc(F)c(F)cc6F)[C@@H](N)C5)nc4)CC3)ncn12. The number of anilines is 2. The van der Waals surface area contributed by atoms with Crippen molar-refractivity contribution in [2.24, 2.45) is 11.7 Å². The third-order valence-corrected chi connectivity index (χ3v) is 7.80. The quantitative estimate of drug-likeness (QED) is 0.345. The van der Waals surface area contributed by atoms with Crippen LogP contribution in [0.3, 0.4) is 0 Å². The number of aromatic nitrogens is 6. The van der Waals surface area contributed by atoms with Crippen molar-refractivity contribution in [1.82, 2.24) is 29.5 Å². The minimum absolute atomic E-state index is 0.0559. The van der Waals surface area contributed by atoms with Gasteiger partial charge in [0.1, 0.15) is 23.8 Å². The summed E-state index contributed by atoms with van der Waals surface area (Å²) in [7, 11) is 0. The van der Waals surface area contributed by atoms with Crippen molar-refractivity contribution in [2.45, 2.75) is 38.1 Å². The van der Waals surface area contributed by atoms with Crippen LogP contribution in [0.5, 0.6) is 5.75 Å². The molecule has 2 fully saturated rings. The molecular weight excluding hydrogens is 523 g/mol. The number of fused-ring (bicyclic) bond motifs is 1. The summed E-state index contributed by atoms with van der Waals surface area (Å²) in [6, 6.07) is 2.94. The average molecular weight is 554 g/mol. The van der Waals surface area contributed by atoms with Crippen molar-refractivity contribution in [3.05, 3.63) is 65.8 Å². The summed E-state index contributed by atoms with van der Waals surface area (Å²) >= 11 is 0. The topological polar surface area (TPSA) is 111 Å². The van der Waals surface area contributed by atoms with E-state index in [1.165, 1.54) is 0 Å². The van der Waals surface area contributed by atoms with Gasteiger partial charge in [0.2, 0.25) is 5.95 Å². The van der Waals surface area contributed by atoms with Crippen LogP contribution >= 0.6 is 0 Å². The number of ether oxygens (including phenoxy) is 1. The first kappa shape index (κ1) is 26.2.